The molecule has 18 heavy (non-hydrogen) atoms. The van der Waals surface area contributed by atoms with E-state index >= 15 is 0 Å². The van der Waals surface area contributed by atoms with Gasteiger partial charge in [0.05, 0.1) is 5.69 Å². The molecule has 0 aromatic heterocycles. The number of benzene rings is 1. The van der Waals surface area contributed by atoms with Crippen LogP contribution in [0.15, 0.2) is 36.9 Å². The average Bonchev–Trinajstić information content (AvgIpc) is 2.30. The number of anilines is 1. The number of carbonyl (C=O) groups is 2. The predicted octanol–water partition coefficient (Wildman–Crippen LogP) is 2.10. The molecule has 0 aliphatic rings. The lowest BCUT2D eigenvalue weighted by atomic mass is 10.3. The Morgan fingerprint density at radius 3 is 2.67 bits per heavy atom. The third kappa shape index (κ3) is 4.29. The van der Waals surface area contributed by atoms with E-state index in [1.54, 1.807) is 31.2 Å². The van der Waals surface area contributed by atoms with Gasteiger partial charge in [0.15, 0.2) is 0 Å². The Bertz CT molecular complexity index is 456. The Labute approximate surface area is 105 Å². The van der Waals surface area contributed by atoms with Gasteiger partial charge in [-0.1, -0.05) is 18.7 Å². The van der Waals surface area contributed by atoms with Crippen molar-refractivity contribution in [3.8, 4) is 5.75 Å². The van der Waals surface area contributed by atoms with Gasteiger partial charge in [0, 0.05) is 19.9 Å². The van der Waals surface area contributed by atoms with Gasteiger partial charge in [-0.15, -0.1) is 0 Å². The number of carbonyl (C=O) groups excluding carboxylic acids is 2. The highest BCUT2D eigenvalue weighted by Crippen LogP contribution is 2.24. The zero-order chi connectivity index (χ0) is 13.5. The highest BCUT2D eigenvalue weighted by molar-refractivity contribution is 5.90. The molecule has 0 aliphatic heterocycles. The Morgan fingerprint density at radius 1 is 1.39 bits per heavy atom. The van der Waals surface area contributed by atoms with Crippen molar-refractivity contribution in [1.29, 1.82) is 0 Å². The highest BCUT2D eigenvalue weighted by atomic mass is 16.7. The van der Waals surface area contributed by atoms with Gasteiger partial charge in [0.2, 0.25) is 12.2 Å². The van der Waals surface area contributed by atoms with E-state index in [4.69, 9.17) is 9.47 Å². The number of hydrogen-bond acceptors (Lipinski definition) is 4. The summed E-state index contributed by atoms with van der Waals surface area (Å²) in [5.74, 6) is -0.349. The van der Waals surface area contributed by atoms with E-state index in [0.717, 1.165) is 6.08 Å². The topological polar surface area (TPSA) is 64.6 Å². The molecule has 0 saturated carbocycles. The SMILES string of the molecule is C=CC(=O)OC(C)Oc1ccccc1NC(C)=O. The van der Waals surface area contributed by atoms with Gasteiger partial charge in [-0.25, -0.2) is 4.79 Å². The molecule has 1 amide bonds. The molecule has 1 unspecified atom stereocenters. The zero-order valence-corrected chi connectivity index (χ0v) is 10.3. The Hall–Kier alpha value is -2.30. The summed E-state index contributed by atoms with van der Waals surface area (Å²) in [5.41, 5.74) is 0.520. The van der Waals surface area contributed by atoms with Crippen LogP contribution in [0.1, 0.15) is 13.8 Å². The fourth-order valence-electron chi connectivity index (χ4n) is 1.28. The largest absolute Gasteiger partial charge is 0.453 e. The normalized spacial score (nSPS) is 11.2. The molecule has 1 atom stereocenters. The zero-order valence-electron chi connectivity index (χ0n) is 10.3. The molecule has 1 aromatic rings. The van der Waals surface area contributed by atoms with Crippen molar-refractivity contribution >= 4 is 17.6 Å². The van der Waals surface area contributed by atoms with Crippen LogP contribution in [0.3, 0.4) is 0 Å². The number of ether oxygens (including phenoxy) is 2. The molecular weight excluding hydrogens is 234 g/mol. The number of nitrogens with one attached hydrogen (secondary N) is 1. The lowest BCUT2D eigenvalue weighted by Crippen LogP contribution is -2.20. The molecule has 0 aliphatic carbocycles. The molecule has 0 spiro atoms. The minimum atomic E-state index is -0.773. The van der Waals surface area contributed by atoms with Gasteiger partial charge in [-0.2, -0.15) is 0 Å². The van der Waals surface area contributed by atoms with E-state index in [2.05, 4.69) is 11.9 Å². The first-order valence-corrected chi connectivity index (χ1v) is 5.39. The summed E-state index contributed by atoms with van der Waals surface area (Å²) in [5, 5.41) is 2.62. The van der Waals surface area contributed by atoms with E-state index in [-0.39, 0.29) is 5.91 Å². The number of hydrogen-bond donors (Lipinski definition) is 1. The first kappa shape index (κ1) is 13.8. The molecule has 1 aromatic carbocycles. The molecule has 1 N–H and O–H groups in total. The molecule has 0 bridgehead atoms. The standard InChI is InChI=1S/C13H15NO4/c1-4-13(16)18-10(3)17-12-8-6-5-7-11(12)14-9(2)15/h4-8,10H,1H2,2-3H3,(H,14,15). The third-order valence-corrected chi connectivity index (χ3v) is 1.94. The maximum Gasteiger partial charge on any atom is 0.333 e. The number of para-hydroxylation sites is 2. The first-order chi connectivity index (χ1) is 8.52. The van der Waals surface area contributed by atoms with E-state index in [0.29, 0.717) is 11.4 Å². The van der Waals surface area contributed by atoms with Gasteiger partial charge < -0.3 is 14.8 Å². The van der Waals surface area contributed by atoms with Crippen LogP contribution < -0.4 is 10.1 Å². The summed E-state index contributed by atoms with van der Waals surface area (Å²) in [6, 6.07) is 6.88. The van der Waals surface area contributed by atoms with E-state index < -0.39 is 12.3 Å². The smallest absolute Gasteiger partial charge is 0.333 e. The van der Waals surface area contributed by atoms with Crippen molar-refractivity contribution in [2.45, 2.75) is 20.1 Å². The monoisotopic (exact) mass is 249 g/mol. The van der Waals surface area contributed by atoms with Crippen LogP contribution in [0.2, 0.25) is 0 Å². The summed E-state index contributed by atoms with van der Waals surface area (Å²) in [7, 11) is 0. The van der Waals surface area contributed by atoms with Crippen molar-refractivity contribution in [1.82, 2.24) is 0 Å². The van der Waals surface area contributed by atoms with Crippen LogP contribution in [0.25, 0.3) is 0 Å². The van der Waals surface area contributed by atoms with Crippen LogP contribution in [0.5, 0.6) is 5.75 Å². The second-order valence-corrected chi connectivity index (χ2v) is 3.50. The second-order valence-electron chi connectivity index (χ2n) is 3.50. The fraction of sp³-hybridized carbons (Fsp3) is 0.231. The number of esters is 1. The molecule has 1 rings (SSSR count). The van der Waals surface area contributed by atoms with Crippen LogP contribution in [0.4, 0.5) is 5.69 Å². The summed E-state index contributed by atoms with van der Waals surface area (Å²) in [6.45, 7) is 6.27. The van der Waals surface area contributed by atoms with Crippen molar-refractivity contribution in [3.63, 3.8) is 0 Å². The molecule has 0 saturated heterocycles. The molecule has 0 heterocycles. The van der Waals surface area contributed by atoms with Crippen molar-refractivity contribution in [2.24, 2.45) is 0 Å². The van der Waals surface area contributed by atoms with Gasteiger partial charge in [-0.3, -0.25) is 4.79 Å². The molecule has 5 nitrogen and oxygen atoms in total. The van der Waals surface area contributed by atoms with E-state index in [1.165, 1.54) is 6.92 Å². The lowest BCUT2D eigenvalue weighted by molar-refractivity contribution is -0.154. The van der Waals surface area contributed by atoms with Gasteiger partial charge >= 0.3 is 5.97 Å². The fourth-order valence-corrected chi connectivity index (χ4v) is 1.28. The minimum Gasteiger partial charge on any atom is -0.453 e. The summed E-state index contributed by atoms with van der Waals surface area (Å²) in [4.78, 5) is 22.0. The molecule has 5 heteroatoms. The molecular formula is C13H15NO4. The Balaban J connectivity index is 2.74. The van der Waals surface area contributed by atoms with Crippen molar-refractivity contribution in [2.75, 3.05) is 5.32 Å². The highest BCUT2D eigenvalue weighted by Gasteiger charge is 2.11. The maximum atomic E-state index is 11.0. The average molecular weight is 249 g/mol. The van der Waals surface area contributed by atoms with Gasteiger partial charge in [-0.05, 0) is 12.1 Å². The molecule has 0 radical (unpaired) electrons. The number of rotatable bonds is 5. The third-order valence-electron chi connectivity index (χ3n) is 1.94. The number of amides is 1. The lowest BCUT2D eigenvalue weighted by Gasteiger charge is -2.16. The summed E-state index contributed by atoms with van der Waals surface area (Å²) >= 11 is 0. The van der Waals surface area contributed by atoms with Gasteiger partial charge in [0.1, 0.15) is 5.75 Å². The van der Waals surface area contributed by atoms with Crippen LogP contribution >= 0.6 is 0 Å². The van der Waals surface area contributed by atoms with E-state index in [1.807, 2.05) is 0 Å². The Kier molecular flexibility index (Phi) is 4.92. The van der Waals surface area contributed by atoms with Crippen LogP contribution in [-0.2, 0) is 14.3 Å². The molecule has 96 valence electrons. The van der Waals surface area contributed by atoms with Crippen LogP contribution in [0, 0.1) is 0 Å². The van der Waals surface area contributed by atoms with Gasteiger partial charge in [0.25, 0.3) is 0 Å². The predicted molar refractivity (Wildman–Crippen MR) is 67.1 cm³/mol. The van der Waals surface area contributed by atoms with E-state index in [9.17, 15) is 9.59 Å². The Morgan fingerprint density at radius 2 is 2.06 bits per heavy atom. The van der Waals surface area contributed by atoms with Crippen molar-refractivity contribution in [3.05, 3.63) is 36.9 Å². The quantitative estimate of drug-likeness (QED) is 0.493. The molecule has 0 fully saturated rings. The maximum absolute atomic E-state index is 11.0. The summed E-state index contributed by atoms with van der Waals surface area (Å²) in [6.07, 6.45) is 0.282. The first-order valence-electron chi connectivity index (χ1n) is 5.39. The van der Waals surface area contributed by atoms with Crippen molar-refractivity contribution < 1.29 is 19.1 Å². The minimum absolute atomic E-state index is 0.207. The summed E-state index contributed by atoms with van der Waals surface area (Å²) < 4.78 is 10.3. The second kappa shape index (κ2) is 6.44. The van der Waals surface area contributed by atoms with Crippen LogP contribution in [-0.4, -0.2) is 18.2 Å².